The van der Waals surface area contributed by atoms with Gasteiger partial charge in [0.2, 0.25) is 0 Å². The van der Waals surface area contributed by atoms with Crippen molar-refractivity contribution in [2.24, 2.45) is 5.92 Å². The van der Waals surface area contributed by atoms with Gasteiger partial charge < -0.3 is 9.84 Å². The Hall–Kier alpha value is -1.84. The van der Waals surface area contributed by atoms with E-state index >= 15 is 0 Å². The summed E-state index contributed by atoms with van der Waals surface area (Å²) >= 11 is 0. The summed E-state index contributed by atoms with van der Waals surface area (Å²) in [5, 5.41) is 8.92. The first kappa shape index (κ1) is 21.2. The zero-order valence-corrected chi connectivity index (χ0v) is 15.8. The number of aromatic carboxylic acids is 1. The first-order valence-electron chi connectivity index (χ1n) is 9.48. The van der Waals surface area contributed by atoms with Gasteiger partial charge in [0.1, 0.15) is 6.10 Å². The lowest BCUT2D eigenvalue weighted by Gasteiger charge is -2.18. The number of carbonyl (C=O) groups is 2. The summed E-state index contributed by atoms with van der Waals surface area (Å²) in [5.74, 6) is -0.654. The number of carboxylic acid groups (broad SMARTS) is 1. The van der Waals surface area contributed by atoms with Crippen LogP contribution in [-0.4, -0.2) is 23.1 Å². The van der Waals surface area contributed by atoms with Crippen molar-refractivity contribution in [1.29, 1.82) is 0 Å². The van der Waals surface area contributed by atoms with Gasteiger partial charge in [-0.25, -0.2) is 9.59 Å². The Kier molecular flexibility index (Phi) is 9.90. The van der Waals surface area contributed by atoms with E-state index in [1.165, 1.54) is 30.7 Å². The van der Waals surface area contributed by atoms with Crippen LogP contribution in [-0.2, 0) is 4.74 Å². The van der Waals surface area contributed by atoms with E-state index in [1.54, 1.807) is 0 Å². The fourth-order valence-corrected chi connectivity index (χ4v) is 2.78. The van der Waals surface area contributed by atoms with Crippen LogP contribution in [0.5, 0.6) is 0 Å². The molecule has 0 spiro atoms. The second-order valence-electron chi connectivity index (χ2n) is 7.08. The summed E-state index contributed by atoms with van der Waals surface area (Å²) in [7, 11) is 0. The van der Waals surface area contributed by atoms with Crippen molar-refractivity contribution in [2.45, 2.75) is 78.2 Å². The van der Waals surface area contributed by atoms with Crippen molar-refractivity contribution in [1.82, 2.24) is 0 Å². The second-order valence-corrected chi connectivity index (χ2v) is 7.08. The fraction of sp³-hybridized carbons (Fsp3) is 0.619. The third kappa shape index (κ3) is 8.71. The van der Waals surface area contributed by atoms with Gasteiger partial charge >= 0.3 is 11.9 Å². The van der Waals surface area contributed by atoms with Crippen LogP contribution in [0, 0.1) is 5.92 Å². The average molecular weight is 348 g/mol. The van der Waals surface area contributed by atoms with E-state index in [0.29, 0.717) is 11.5 Å². The predicted molar refractivity (Wildman–Crippen MR) is 100 cm³/mol. The van der Waals surface area contributed by atoms with Crippen LogP contribution in [0.1, 0.15) is 92.9 Å². The van der Waals surface area contributed by atoms with Crippen molar-refractivity contribution >= 4 is 11.9 Å². The van der Waals surface area contributed by atoms with E-state index in [9.17, 15) is 9.59 Å². The number of benzene rings is 1. The van der Waals surface area contributed by atoms with E-state index < -0.39 is 5.97 Å². The van der Waals surface area contributed by atoms with E-state index in [1.807, 2.05) is 0 Å². The highest BCUT2D eigenvalue weighted by molar-refractivity contribution is 5.92. The van der Waals surface area contributed by atoms with E-state index in [4.69, 9.17) is 9.84 Å². The number of unbranched alkanes of at least 4 members (excludes halogenated alkanes) is 3. The predicted octanol–water partition coefficient (Wildman–Crippen LogP) is 5.71. The molecule has 1 unspecified atom stereocenters. The third-order valence-electron chi connectivity index (χ3n) is 4.33. The number of ether oxygens (including phenoxy) is 1. The summed E-state index contributed by atoms with van der Waals surface area (Å²) in [5.41, 5.74) is 0.581. The Balaban J connectivity index is 2.57. The normalized spacial score (nSPS) is 12.2. The van der Waals surface area contributed by atoms with Gasteiger partial charge in [0.15, 0.2) is 0 Å². The van der Waals surface area contributed by atoms with Gasteiger partial charge in [-0.05, 0) is 55.9 Å². The molecule has 1 rings (SSSR count). The molecule has 0 bridgehead atoms. The Morgan fingerprint density at radius 3 is 1.96 bits per heavy atom. The van der Waals surface area contributed by atoms with Crippen LogP contribution in [0.2, 0.25) is 0 Å². The topological polar surface area (TPSA) is 63.6 Å². The van der Waals surface area contributed by atoms with Gasteiger partial charge in [-0.2, -0.15) is 0 Å². The number of hydrogen-bond donors (Lipinski definition) is 1. The molecule has 0 aliphatic carbocycles. The molecule has 0 heterocycles. The van der Waals surface area contributed by atoms with Crippen molar-refractivity contribution in [3.05, 3.63) is 35.4 Å². The molecule has 0 aliphatic heterocycles. The molecule has 0 radical (unpaired) electrons. The van der Waals surface area contributed by atoms with E-state index in [0.717, 1.165) is 44.9 Å². The van der Waals surface area contributed by atoms with Gasteiger partial charge in [-0.15, -0.1) is 0 Å². The monoisotopic (exact) mass is 348 g/mol. The van der Waals surface area contributed by atoms with Crippen LogP contribution in [0.25, 0.3) is 0 Å². The first-order valence-corrected chi connectivity index (χ1v) is 9.48. The Morgan fingerprint density at radius 2 is 1.44 bits per heavy atom. The highest BCUT2D eigenvalue weighted by atomic mass is 16.5. The summed E-state index contributed by atoms with van der Waals surface area (Å²) in [6, 6.07) is 5.92. The van der Waals surface area contributed by atoms with Crippen LogP contribution in [0.4, 0.5) is 0 Å². The zero-order valence-electron chi connectivity index (χ0n) is 15.8. The minimum absolute atomic E-state index is 0.0506. The second kappa shape index (κ2) is 11.7. The molecule has 140 valence electrons. The third-order valence-corrected chi connectivity index (χ3v) is 4.33. The molecule has 1 aromatic rings. The zero-order chi connectivity index (χ0) is 18.7. The number of rotatable bonds is 12. The van der Waals surface area contributed by atoms with Gasteiger partial charge in [-0.1, -0.05) is 46.5 Å². The first-order chi connectivity index (χ1) is 11.9. The molecule has 0 amide bonds. The Morgan fingerprint density at radius 1 is 0.920 bits per heavy atom. The van der Waals surface area contributed by atoms with Gasteiger partial charge in [0.25, 0.3) is 0 Å². The van der Waals surface area contributed by atoms with E-state index in [-0.39, 0.29) is 17.6 Å². The fourth-order valence-electron chi connectivity index (χ4n) is 2.78. The maximum atomic E-state index is 12.3. The molecule has 25 heavy (non-hydrogen) atoms. The standard InChI is InChI=1S/C21H32O4/c1-4-5-6-10-19(11-8-7-9-16(2)3)25-21(24)18-14-12-17(13-15-18)20(22)23/h12-16,19H,4-11H2,1-3H3,(H,22,23). The summed E-state index contributed by atoms with van der Waals surface area (Å²) in [6.07, 6.45) is 8.53. The van der Waals surface area contributed by atoms with E-state index in [2.05, 4.69) is 20.8 Å². The molecule has 0 saturated heterocycles. The number of hydrogen-bond acceptors (Lipinski definition) is 3. The highest BCUT2D eigenvalue weighted by Gasteiger charge is 2.16. The number of carbonyl (C=O) groups excluding carboxylic acids is 1. The summed E-state index contributed by atoms with van der Waals surface area (Å²) < 4.78 is 5.70. The average Bonchev–Trinajstić information content (AvgIpc) is 2.58. The Labute approximate surface area is 151 Å². The molecular formula is C21H32O4. The maximum absolute atomic E-state index is 12.3. The van der Waals surface area contributed by atoms with Crippen molar-refractivity contribution in [3.8, 4) is 0 Å². The molecule has 1 aromatic carbocycles. The lowest BCUT2D eigenvalue weighted by atomic mass is 10.0. The molecule has 0 aliphatic rings. The van der Waals surface area contributed by atoms with Crippen molar-refractivity contribution in [3.63, 3.8) is 0 Å². The molecule has 4 heteroatoms. The molecule has 0 aromatic heterocycles. The van der Waals surface area contributed by atoms with Gasteiger partial charge in [0.05, 0.1) is 11.1 Å². The minimum Gasteiger partial charge on any atom is -0.478 e. The van der Waals surface area contributed by atoms with Crippen LogP contribution >= 0.6 is 0 Å². The Bertz CT molecular complexity index is 519. The lowest BCUT2D eigenvalue weighted by Crippen LogP contribution is -2.18. The highest BCUT2D eigenvalue weighted by Crippen LogP contribution is 2.18. The molecule has 0 fully saturated rings. The lowest BCUT2D eigenvalue weighted by molar-refractivity contribution is 0.0248. The van der Waals surface area contributed by atoms with Gasteiger partial charge in [-0.3, -0.25) is 0 Å². The van der Waals surface area contributed by atoms with Crippen LogP contribution < -0.4 is 0 Å². The molecule has 1 N–H and O–H groups in total. The van der Waals surface area contributed by atoms with Crippen LogP contribution in [0.3, 0.4) is 0 Å². The summed E-state index contributed by atoms with van der Waals surface area (Å²) in [4.78, 5) is 23.2. The molecular weight excluding hydrogens is 316 g/mol. The van der Waals surface area contributed by atoms with Crippen LogP contribution in [0.15, 0.2) is 24.3 Å². The van der Waals surface area contributed by atoms with Crippen molar-refractivity contribution < 1.29 is 19.4 Å². The minimum atomic E-state index is -0.998. The smallest absolute Gasteiger partial charge is 0.338 e. The quantitative estimate of drug-likeness (QED) is 0.388. The number of carboxylic acids is 1. The largest absolute Gasteiger partial charge is 0.478 e. The number of esters is 1. The molecule has 4 nitrogen and oxygen atoms in total. The SMILES string of the molecule is CCCCCC(CCCCC(C)C)OC(=O)c1ccc(C(=O)O)cc1. The molecule has 0 saturated carbocycles. The van der Waals surface area contributed by atoms with Gasteiger partial charge in [0, 0.05) is 0 Å². The van der Waals surface area contributed by atoms with Crippen molar-refractivity contribution in [2.75, 3.05) is 0 Å². The molecule has 1 atom stereocenters. The maximum Gasteiger partial charge on any atom is 0.338 e. The summed E-state index contributed by atoms with van der Waals surface area (Å²) in [6.45, 7) is 6.60.